The van der Waals surface area contributed by atoms with Crippen LogP contribution in [0.2, 0.25) is 0 Å². The Morgan fingerprint density at radius 3 is 2.48 bits per heavy atom. The number of hydrogen-bond acceptors (Lipinski definition) is 1. The molecule has 1 unspecified atom stereocenters. The molecule has 116 valence electrons. The number of hydrogen-bond donors (Lipinski definition) is 0. The van der Waals surface area contributed by atoms with Gasteiger partial charge in [-0.05, 0) is 25.3 Å². The summed E-state index contributed by atoms with van der Waals surface area (Å²) >= 11 is 0. The van der Waals surface area contributed by atoms with Crippen LogP contribution in [0.15, 0.2) is 18.2 Å². The van der Waals surface area contributed by atoms with Crippen LogP contribution in [0.3, 0.4) is 0 Å². The summed E-state index contributed by atoms with van der Waals surface area (Å²) in [6, 6.07) is 3.01. The Balaban J connectivity index is 2.59. The molecule has 2 rings (SSSR count). The fourth-order valence-corrected chi connectivity index (χ4v) is 2.81. The fraction of sp³-hybridized carbons (Fsp3) is 0.500. The molecule has 1 aromatic rings. The predicted octanol–water partition coefficient (Wildman–Crippen LogP) is 3.94. The third-order valence-electron chi connectivity index (χ3n) is 3.75. The molecule has 1 aliphatic rings. The quantitative estimate of drug-likeness (QED) is 0.597. The maximum absolute atomic E-state index is 14.0. The minimum atomic E-state index is -4.65. The molecule has 1 saturated heterocycles. The third kappa shape index (κ3) is 3.23. The van der Waals surface area contributed by atoms with E-state index in [-0.39, 0.29) is 13.0 Å². The minimum absolute atomic E-state index is 0.0635. The van der Waals surface area contributed by atoms with E-state index in [0.29, 0.717) is 19.3 Å². The van der Waals surface area contributed by atoms with Crippen LogP contribution in [-0.2, 0) is 4.79 Å². The van der Waals surface area contributed by atoms with Crippen LogP contribution in [0, 0.1) is 11.6 Å². The topological polar surface area (TPSA) is 17.1 Å². The number of rotatable bonds is 2. The molecule has 1 heterocycles. The number of halogens is 5. The highest BCUT2D eigenvalue weighted by molar-refractivity contribution is 5.89. The zero-order valence-corrected chi connectivity index (χ0v) is 11.2. The average molecular weight is 308 g/mol. The monoisotopic (exact) mass is 308 g/mol. The number of benzene rings is 1. The predicted molar refractivity (Wildman–Crippen MR) is 67.4 cm³/mol. The first-order chi connectivity index (χ1) is 9.76. The van der Waals surface area contributed by atoms with E-state index in [9.17, 15) is 26.7 Å². The number of carbonyl (C=O) groups is 1. The van der Waals surface area contributed by atoms with Gasteiger partial charge in [0.25, 0.3) is 0 Å². The second kappa shape index (κ2) is 5.71. The number of amides is 1. The smallest absolute Gasteiger partial charge is 0.230 e. The highest BCUT2D eigenvalue weighted by Crippen LogP contribution is 2.35. The van der Waals surface area contributed by atoms with E-state index < -0.39 is 40.4 Å². The van der Waals surface area contributed by atoms with Crippen molar-refractivity contribution in [2.75, 3.05) is 13.1 Å². The normalized spacial score (nSPS) is 24.0. The summed E-state index contributed by atoms with van der Waals surface area (Å²) in [6.45, 7) is -1.68. The summed E-state index contributed by atoms with van der Waals surface area (Å²) < 4.78 is 65.0. The van der Waals surface area contributed by atoms with Gasteiger partial charge in [-0.25, -0.2) is 13.7 Å². The van der Waals surface area contributed by atoms with Gasteiger partial charge in [0.1, 0.15) is 0 Å². The second-order valence-electron chi connectivity index (χ2n) is 5.24. The van der Waals surface area contributed by atoms with E-state index in [2.05, 4.69) is 0 Å². The van der Waals surface area contributed by atoms with Gasteiger partial charge in [-0.15, -0.1) is 0 Å². The Kier molecular flexibility index (Phi) is 4.32. The molecule has 1 aliphatic heterocycles. The summed E-state index contributed by atoms with van der Waals surface area (Å²) in [7, 11) is 0. The number of likely N-dealkylation sites (tertiary alicyclic amines) is 1. The van der Waals surface area contributed by atoms with Gasteiger partial charge in [-0.1, -0.05) is 6.07 Å². The molecular weight excluding hydrogens is 293 g/mol. The van der Waals surface area contributed by atoms with Gasteiger partial charge in [0.15, 0.2) is 18.0 Å². The molecule has 0 aromatic heterocycles. The van der Waals surface area contributed by atoms with Gasteiger partial charge in [0, 0.05) is 6.07 Å². The molecule has 2 nitrogen and oxygen atoms in total. The summed E-state index contributed by atoms with van der Waals surface area (Å²) in [5.74, 6) is -3.34. The zero-order valence-electron chi connectivity index (χ0n) is 11.2. The molecule has 0 radical (unpaired) electrons. The molecule has 21 heavy (non-hydrogen) atoms. The molecular formula is C14H15F5NO+. The van der Waals surface area contributed by atoms with Crippen LogP contribution in [0.4, 0.5) is 27.6 Å². The van der Waals surface area contributed by atoms with Crippen molar-refractivity contribution in [3.63, 3.8) is 0 Å². The van der Waals surface area contributed by atoms with Gasteiger partial charge in [0.2, 0.25) is 5.82 Å². The Bertz CT molecular complexity index is 543. The summed E-state index contributed by atoms with van der Waals surface area (Å²) in [6.07, 6.45) is -3.29. The molecule has 1 atom stereocenters. The van der Waals surface area contributed by atoms with Gasteiger partial charge in [0.05, 0.1) is 13.0 Å². The van der Waals surface area contributed by atoms with E-state index >= 15 is 0 Å². The summed E-state index contributed by atoms with van der Waals surface area (Å²) in [5.41, 5.74) is -0.528. The largest absolute Gasteiger partial charge is 0.439 e. The van der Waals surface area contributed by atoms with E-state index in [1.54, 1.807) is 0 Å². The van der Waals surface area contributed by atoms with Crippen molar-refractivity contribution in [1.29, 1.82) is 0 Å². The van der Waals surface area contributed by atoms with Crippen molar-refractivity contribution < 1.29 is 26.7 Å². The Hall–Kier alpha value is -1.50. The number of carbonyl (C=O) groups excluding carboxylic acids is 1. The first-order valence-corrected chi connectivity index (χ1v) is 6.68. The van der Waals surface area contributed by atoms with E-state index in [4.69, 9.17) is 0 Å². The number of quaternary nitrogens is 1. The lowest BCUT2D eigenvalue weighted by Gasteiger charge is -2.35. The number of nitrogens with zero attached hydrogens (tertiary/aromatic N) is 1. The molecule has 0 N–H and O–H groups in total. The Morgan fingerprint density at radius 1 is 1.10 bits per heavy atom. The summed E-state index contributed by atoms with van der Waals surface area (Å²) in [5, 5.41) is 0. The van der Waals surface area contributed by atoms with Crippen molar-refractivity contribution in [3.8, 4) is 0 Å². The van der Waals surface area contributed by atoms with Crippen LogP contribution in [0.25, 0.3) is 0 Å². The minimum Gasteiger partial charge on any atom is -0.230 e. The molecule has 1 aromatic carbocycles. The molecule has 0 spiro atoms. The number of alkyl halides is 3. The zero-order chi connectivity index (χ0) is 15.7. The third-order valence-corrected chi connectivity index (χ3v) is 3.75. The second-order valence-corrected chi connectivity index (χ2v) is 5.24. The molecule has 0 bridgehead atoms. The molecule has 0 saturated carbocycles. The molecule has 0 aliphatic carbocycles. The van der Waals surface area contributed by atoms with Crippen LogP contribution in [-0.4, -0.2) is 25.2 Å². The lowest BCUT2D eigenvalue weighted by atomic mass is 10.1. The maximum Gasteiger partial charge on any atom is 0.439 e. The van der Waals surface area contributed by atoms with Gasteiger partial charge in [-0.3, -0.25) is 0 Å². The molecule has 1 fully saturated rings. The standard InChI is InChI=1S/C14H15F5NO/c15-10-5-4-6-11(13(10)16)20(9-14(17,18)19)8-3-1-2-7-12(20)21/h4-6H,1-3,7-9H2/q+1. The first-order valence-electron chi connectivity index (χ1n) is 6.68. The van der Waals surface area contributed by atoms with Crippen LogP contribution in [0.5, 0.6) is 0 Å². The Labute approximate surface area is 118 Å². The SMILES string of the molecule is O=C1CCCCC[N+]1(CC(F)(F)F)c1cccc(F)c1F. The van der Waals surface area contributed by atoms with Crippen LogP contribution >= 0.6 is 0 Å². The molecule has 1 amide bonds. The van der Waals surface area contributed by atoms with E-state index in [1.807, 2.05) is 0 Å². The average Bonchev–Trinajstić information content (AvgIpc) is 2.55. The van der Waals surface area contributed by atoms with Gasteiger partial charge < -0.3 is 0 Å². The highest BCUT2D eigenvalue weighted by atomic mass is 19.4. The highest BCUT2D eigenvalue weighted by Gasteiger charge is 2.50. The van der Waals surface area contributed by atoms with E-state index in [0.717, 1.165) is 18.2 Å². The van der Waals surface area contributed by atoms with Crippen LogP contribution in [0.1, 0.15) is 25.7 Å². The van der Waals surface area contributed by atoms with Crippen molar-refractivity contribution in [2.45, 2.75) is 31.9 Å². The molecule has 7 heteroatoms. The lowest BCUT2D eigenvalue weighted by Crippen LogP contribution is -2.59. The Morgan fingerprint density at radius 2 is 1.81 bits per heavy atom. The van der Waals surface area contributed by atoms with Crippen molar-refractivity contribution in [2.24, 2.45) is 0 Å². The summed E-state index contributed by atoms with van der Waals surface area (Å²) in [4.78, 5) is 12.3. The van der Waals surface area contributed by atoms with E-state index in [1.165, 1.54) is 0 Å². The van der Waals surface area contributed by atoms with Crippen molar-refractivity contribution in [3.05, 3.63) is 29.8 Å². The van der Waals surface area contributed by atoms with Gasteiger partial charge >= 0.3 is 12.1 Å². The first kappa shape index (κ1) is 15.9. The lowest BCUT2D eigenvalue weighted by molar-refractivity contribution is -0.159. The fourth-order valence-electron chi connectivity index (χ4n) is 2.81. The maximum atomic E-state index is 14.0. The van der Waals surface area contributed by atoms with Crippen molar-refractivity contribution in [1.82, 2.24) is 4.48 Å². The van der Waals surface area contributed by atoms with Crippen LogP contribution < -0.4 is 4.48 Å². The van der Waals surface area contributed by atoms with Crippen molar-refractivity contribution >= 4 is 11.6 Å². The van der Waals surface area contributed by atoms with Gasteiger partial charge in [-0.2, -0.15) is 17.6 Å².